The molecule has 0 aliphatic carbocycles. The summed E-state index contributed by atoms with van der Waals surface area (Å²) in [5, 5.41) is 0. The second-order valence-corrected chi connectivity index (χ2v) is 2.44. The fourth-order valence-corrected chi connectivity index (χ4v) is 0.799. The van der Waals surface area contributed by atoms with Crippen LogP contribution in [0, 0.1) is 0 Å². The molecule has 0 saturated heterocycles. The summed E-state index contributed by atoms with van der Waals surface area (Å²) in [6.45, 7) is 2.48. The Bertz CT molecular complexity index is 235. The minimum absolute atomic E-state index is 0.633. The van der Waals surface area contributed by atoms with Gasteiger partial charge in [0.05, 0.1) is 12.4 Å². The summed E-state index contributed by atoms with van der Waals surface area (Å²) in [6.07, 6.45) is 0. The van der Waals surface area contributed by atoms with Gasteiger partial charge in [0.25, 0.3) is 0 Å². The summed E-state index contributed by atoms with van der Waals surface area (Å²) < 4.78 is 0. The van der Waals surface area contributed by atoms with Crippen molar-refractivity contribution in [1.82, 2.24) is 0 Å². The summed E-state index contributed by atoms with van der Waals surface area (Å²) in [7, 11) is 0. The lowest BCUT2D eigenvalue weighted by molar-refractivity contribution is 1.06. The van der Waals surface area contributed by atoms with Crippen molar-refractivity contribution in [3.05, 3.63) is 35.9 Å². The maximum Gasteiger partial charge on any atom is 0.0909 e. The Morgan fingerprint density at radius 2 is 2.00 bits per heavy atom. The number of hydrogen-bond donors (Lipinski definition) is 1. The standard InChI is InChI=1S/C9H12N2/c1-8(10)11-7-9-5-3-2-4-6-9/h2-6H,7H2,1H3,(H2,10,11). The Morgan fingerprint density at radius 1 is 1.36 bits per heavy atom. The van der Waals surface area contributed by atoms with Crippen LogP contribution in [-0.2, 0) is 6.54 Å². The summed E-state index contributed by atoms with van der Waals surface area (Å²) in [4.78, 5) is 4.09. The Morgan fingerprint density at radius 3 is 2.55 bits per heavy atom. The van der Waals surface area contributed by atoms with Gasteiger partial charge in [0.2, 0.25) is 0 Å². The molecule has 0 amide bonds. The highest BCUT2D eigenvalue weighted by Gasteiger charge is 1.86. The van der Waals surface area contributed by atoms with Crippen LogP contribution in [0.2, 0.25) is 0 Å². The van der Waals surface area contributed by atoms with Crippen molar-refractivity contribution in [2.75, 3.05) is 0 Å². The molecule has 11 heavy (non-hydrogen) atoms. The van der Waals surface area contributed by atoms with Gasteiger partial charge in [-0.2, -0.15) is 0 Å². The van der Waals surface area contributed by atoms with E-state index in [0.717, 1.165) is 0 Å². The Labute approximate surface area is 66.8 Å². The number of aliphatic imine (C=N–C) groups is 1. The molecular formula is C9H12N2. The maximum absolute atomic E-state index is 5.39. The molecule has 2 N–H and O–H groups in total. The van der Waals surface area contributed by atoms with Crippen molar-refractivity contribution in [3.8, 4) is 0 Å². The molecule has 1 aromatic carbocycles. The zero-order chi connectivity index (χ0) is 8.10. The predicted molar refractivity (Wildman–Crippen MR) is 47.4 cm³/mol. The molecule has 0 unspecified atom stereocenters. The molecule has 0 saturated carbocycles. The molecule has 58 valence electrons. The van der Waals surface area contributed by atoms with Crippen LogP contribution in [0.3, 0.4) is 0 Å². The first-order valence-corrected chi connectivity index (χ1v) is 3.59. The smallest absolute Gasteiger partial charge is 0.0909 e. The van der Waals surface area contributed by atoms with E-state index in [2.05, 4.69) is 4.99 Å². The summed E-state index contributed by atoms with van der Waals surface area (Å²) >= 11 is 0. The fraction of sp³-hybridized carbons (Fsp3) is 0.222. The van der Waals surface area contributed by atoms with Gasteiger partial charge in [-0.1, -0.05) is 30.3 Å². The number of nitrogens with two attached hydrogens (primary N) is 1. The minimum atomic E-state index is 0.633. The van der Waals surface area contributed by atoms with Gasteiger partial charge in [0, 0.05) is 0 Å². The SMILES string of the molecule is C/C(N)=N\Cc1ccccc1. The summed E-state index contributed by atoms with van der Waals surface area (Å²) in [5.41, 5.74) is 6.58. The van der Waals surface area contributed by atoms with E-state index >= 15 is 0 Å². The third kappa shape index (κ3) is 2.85. The normalized spacial score (nSPS) is 11.5. The predicted octanol–water partition coefficient (Wildman–Crippen LogP) is 1.56. The molecule has 0 aromatic heterocycles. The first-order chi connectivity index (χ1) is 5.29. The maximum atomic E-state index is 5.39. The Kier molecular flexibility index (Phi) is 2.66. The number of benzene rings is 1. The average molecular weight is 148 g/mol. The van der Waals surface area contributed by atoms with Crippen molar-refractivity contribution in [2.45, 2.75) is 13.5 Å². The molecule has 0 spiro atoms. The van der Waals surface area contributed by atoms with E-state index in [1.807, 2.05) is 30.3 Å². The molecule has 1 rings (SSSR count). The fourth-order valence-electron chi connectivity index (χ4n) is 0.799. The largest absolute Gasteiger partial charge is 0.388 e. The highest BCUT2D eigenvalue weighted by atomic mass is 14.8. The van der Waals surface area contributed by atoms with Gasteiger partial charge in [0.1, 0.15) is 0 Å². The summed E-state index contributed by atoms with van der Waals surface area (Å²) in [6, 6.07) is 10.1. The van der Waals surface area contributed by atoms with Crippen molar-refractivity contribution in [2.24, 2.45) is 10.7 Å². The number of rotatable bonds is 2. The first-order valence-electron chi connectivity index (χ1n) is 3.59. The third-order valence-electron chi connectivity index (χ3n) is 1.35. The zero-order valence-electron chi connectivity index (χ0n) is 6.62. The molecule has 0 fully saturated rings. The van der Waals surface area contributed by atoms with E-state index in [4.69, 9.17) is 5.73 Å². The van der Waals surface area contributed by atoms with Crippen LogP contribution in [0.15, 0.2) is 35.3 Å². The van der Waals surface area contributed by atoms with Crippen LogP contribution in [0.25, 0.3) is 0 Å². The van der Waals surface area contributed by atoms with Gasteiger partial charge >= 0.3 is 0 Å². The molecule has 0 aliphatic rings. The van der Waals surface area contributed by atoms with E-state index < -0.39 is 0 Å². The second kappa shape index (κ2) is 3.76. The van der Waals surface area contributed by atoms with Crippen molar-refractivity contribution < 1.29 is 0 Å². The number of nitrogens with zero attached hydrogens (tertiary/aromatic N) is 1. The second-order valence-electron chi connectivity index (χ2n) is 2.44. The monoisotopic (exact) mass is 148 g/mol. The molecule has 0 radical (unpaired) electrons. The lowest BCUT2D eigenvalue weighted by atomic mass is 10.2. The van der Waals surface area contributed by atoms with Crippen LogP contribution in [0.1, 0.15) is 12.5 Å². The molecule has 0 atom stereocenters. The zero-order valence-corrected chi connectivity index (χ0v) is 6.62. The van der Waals surface area contributed by atoms with Crippen molar-refractivity contribution in [3.63, 3.8) is 0 Å². The van der Waals surface area contributed by atoms with Crippen LogP contribution in [0.5, 0.6) is 0 Å². The number of amidine groups is 1. The molecule has 2 nitrogen and oxygen atoms in total. The van der Waals surface area contributed by atoms with Crippen molar-refractivity contribution in [1.29, 1.82) is 0 Å². The van der Waals surface area contributed by atoms with Crippen LogP contribution < -0.4 is 5.73 Å². The molecule has 0 aliphatic heterocycles. The van der Waals surface area contributed by atoms with Crippen LogP contribution >= 0.6 is 0 Å². The van der Waals surface area contributed by atoms with Crippen LogP contribution in [-0.4, -0.2) is 5.84 Å². The summed E-state index contributed by atoms with van der Waals surface area (Å²) in [5.74, 6) is 0.633. The molecule has 1 aromatic rings. The van der Waals surface area contributed by atoms with Gasteiger partial charge in [-0.15, -0.1) is 0 Å². The topological polar surface area (TPSA) is 38.4 Å². The van der Waals surface area contributed by atoms with Crippen molar-refractivity contribution >= 4 is 5.84 Å². The first kappa shape index (κ1) is 7.79. The molecule has 0 heterocycles. The molecular weight excluding hydrogens is 136 g/mol. The van der Waals surface area contributed by atoms with Gasteiger partial charge in [-0.25, -0.2) is 0 Å². The molecule has 0 bridgehead atoms. The Balaban J connectivity index is 2.59. The number of hydrogen-bond acceptors (Lipinski definition) is 1. The van der Waals surface area contributed by atoms with Gasteiger partial charge in [-0.05, 0) is 12.5 Å². The van der Waals surface area contributed by atoms with E-state index in [1.165, 1.54) is 5.56 Å². The van der Waals surface area contributed by atoms with E-state index in [-0.39, 0.29) is 0 Å². The lowest BCUT2D eigenvalue weighted by Crippen LogP contribution is -2.05. The third-order valence-corrected chi connectivity index (χ3v) is 1.35. The van der Waals surface area contributed by atoms with Gasteiger partial charge in [-0.3, -0.25) is 4.99 Å². The van der Waals surface area contributed by atoms with Gasteiger partial charge < -0.3 is 5.73 Å². The highest BCUT2D eigenvalue weighted by molar-refractivity contribution is 5.77. The van der Waals surface area contributed by atoms with Crippen LogP contribution in [0.4, 0.5) is 0 Å². The minimum Gasteiger partial charge on any atom is -0.388 e. The highest BCUT2D eigenvalue weighted by Crippen LogP contribution is 1.99. The van der Waals surface area contributed by atoms with E-state index in [9.17, 15) is 0 Å². The molecule has 2 heteroatoms. The average Bonchev–Trinajstić information content (AvgIpc) is 2.03. The Hall–Kier alpha value is -1.31. The lowest BCUT2D eigenvalue weighted by Gasteiger charge is -1.94. The van der Waals surface area contributed by atoms with E-state index in [1.54, 1.807) is 6.92 Å². The quantitative estimate of drug-likeness (QED) is 0.501. The van der Waals surface area contributed by atoms with Gasteiger partial charge in [0.15, 0.2) is 0 Å². The van der Waals surface area contributed by atoms with E-state index in [0.29, 0.717) is 12.4 Å².